The van der Waals surface area contributed by atoms with E-state index in [1.54, 1.807) is 0 Å². The van der Waals surface area contributed by atoms with E-state index in [4.69, 9.17) is 4.74 Å². The molecule has 1 aliphatic heterocycles. The molecule has 0 radical (unpaired) electrons. The first kappa shape index (κ1) is 15.5. The monoisotopic (exact) mass is 255 g/mol. The minimum absolute atomic E-state index is 0.101. The van der Waals surface area contributed by atoms with Crippen molar-refractivity contribution in [3.8, 4) is 0 Å². The average Bonchev–Trinajstić information content (AvgIpc) is 2.65. The molecule has 1 rings (SSSR count). The normalized spacial score (nSPS) is 20.8. The Morgan fingerprint density at radius 2 is 1.94 bits per heavy atom. The second-order valence-electron chi connectivity index (χ2n) is 6.35. The van der Waals surface area contributed by atoms with Crippen LogP contribution in [0.2, 0.25) is 0 Å². The number of rotatable bonds is 7. The molecule has 0 N–H and O–H groups in total. The van der Waals surface area contributed by atoms with E-state index < -0.39 is 0 Å². The van der Waals surface area contributed by atoms with E-state index in [-0.39, 0.29) is 11.3 Å². The van der Waals surface area contributed by atoms with Gasteiger partial charge in [-0.2, -0.15) is 0 Å². The lowest BCUT2D eigenvalue weighted by molar-refractivity contribution is -0.133. The van der Waals surface area contributed by atoms with Crippen molar-refractivity contribution in [1.29, 1.82) is 0 Å². The number of nitrogens with zero attached hydrogens (tertiary/aromatic N) is 1. The van der Waals surface area contributed by atoms with Crippen LogP contribution in [-0.2, 0) is 9.53 Å². The van der Waals surface area contributed by atoms with Crippen molar-refractivity contribution < 1.29 is 9.53 Å². The number of likely N-dealkylation sites (tertiary alicyclic amines) is 1. The van der Waals surface area contributed by atoms with Crippen LogP contribution in [0.1, 0.15) is 53.4 Å². The number of carbonyl (C=O) groups is 1. The van der Waals surface area contributed by atoms with E-state index in [0.29, 0.717) is 5.91 Å². The summed E-state index contributed by atoms with van der Waals surface area (Å²) in [7, 11) is 0. The molecule has 18 heavy (non-hydrogen) atoms. The van der Waals surface area contributed by atoms with Gasteiger partial charge in [0.25, 0.3) is 0 Å². The molecule has 0 saturated carbocycles. The maximum absolute atomic E-state index is 12.2. The number of carbonyl (C=O) groups excluding carboxylic acids is 1. The molecule has 0 aromatic rings. The number of amides is 1. The Morgan fingerprint density at radius 3 is 2.50 bits per heavy atom. The summed E-state index contributed by atoms with van der Waals surface area (Å²) in [5.74, 6) is 0.551. The zero-order valence-electron chi connectivity index (χ0n) is 12.5. The van der Waals surface area contributed by atoms with Gasteiger partial charge in [0.15, 0.2) is 0 Å². The van der Waals surface area contributed by atoms with E-state index in [1.165, 1.54) is 6.42 Å². The Morgan fingerprint density at radius 1 is 1.28 bits per heavy atom. The van der Waals surface area contributed by atoms with Crippen LogP contribution in [0.15, 0.2) is 0 Å². The fourth-order valence-electron chi connectivity index (χ4n) is 2.47. The van der Waals surface area contributed by atoms with Crippen molar-refractivity contribution in [2.24, 2.45) is 11.3 Å². The summed E-state index contributed by atoms with van der Waals surface area (Å²) in [6, 6.07) is 0. The SMILES string of the molecule is CCCCOCCCN1CCC(C(C)(C)C)C1=O. The Balaban J connectivity index is 2.19. The van der Waals surface area contributed by atoms with Gasteiger partial charge in [0, 0.05) is 32.2 Å². The van der Waals surface area contributed by atoms with Gasteiger partial charge >= 0.3 is 0 Å². The molecule has 1 atom stereocenters. The third kappa shape index (κ3) is 4.60. The van der Waals surface area contributed by atoms with Crippen LogP contribution in [-0.4, -0.2) is 37.1 Å². The highest BCUT2D eigenvalue weighted by molar-refractivity contribution is 5.81. The summed E-state index contributed by atoms with van der Waals surface area (Å²) in [5, 5.41) is 0. The van der Waals surface area contributed by atoms with Crippen molar-refractivity contribution in [1.82, 2.24) is 4.90 Å². The number of hydrogen-bond donors (Lipinski definition) is 0. The van der Waals surface area contributed by atoms with Gasteiger partial charge in [0.2, 0.25) is 5.91 Å². The second-order valence-corrected chi connectivity index (χ2v) is 6.35. The Kier molecular flexibility index (Phi) is 6.13. The first-order valence-corrected chi connectivity index (χ1v) is 7.33. The lowest BCUT2D eigenvalue weighted by Crippen LogP contribution is -2.33. The summed E-state index contributed by atoms with van der Waals surface area (Å²) in [5.41, 5.74) is 0.101. The van der Waals surface area contributed by atoms with Gasteiger partial charge in [0.1, 0.15) is 0 Å². The predicted octanol–water partition coefficient (Wildman–Crippen LogP) is 3.09. The standard InChI is InChI=1S/C15H29NO2/c1-5-6-11-18-12-7-9-16-10-8-13(14(16)17)15(2,3)4/h13H,5-12H2,1-4H3. The molecule has 1 fully saturated rings. The van der Waals surface area contributed by atoms with Gasteiger partial charge in [-0.25, -0.2) is 0 Å². The summed E-state index contributed by atoms with van der Waals surface area (Å²) in [6.07, 6.45) is 4.29. The third-order valence-electron chi connectivity index (χ3n) is 3.70. The Labute approximate surface area is 112 Å². The largest absolute Gasteiger partial charge is 0.381 e. The van der Waals surface area contributed by atoms with E-state index in [0.717, 1.165) is 45.6 Å². The number of hydrogen-bond acceptors (Lipinski definition) is 2. The molecular weight excluding hydrogens is 226 g/mol. The summed E-state index contributed by atoms with van der Waals surface area (Å²) < 4.78 is 5.53. The summed E-state index contributed by atoms with van der Waals surface area (Å²) >= 11 is 0. The fourth-order valence-corrected chi connectivity index (χ4v) is 2.47. The van der Waals surface area contributed by atoms with Gasteiger partial charge in [-0.1, -0.05) is 34.1 Å². The van der Waals surface area contributed by atoms with Crippen LogP contribution in [0, 0.1) is 11.3 Å². The van der Waals surface area contributed by atoms with Gasteiger partial charge in [0.05, 0.1) is 0 Å². The molecule has 1 amide bonds. The smallest absolute Gasteiger partial charge is 0.226 e. The van der Waals surface area contributed by atoms with Crippen molar-refractivity contribution in [3.63, 3.8) is 0 Å². The molecule has 0 aromatic heterocycles. The first-order chi connectivity index (χ1) is 8.46. The summed E-state index contributed by atoms with van der Waals surface area (Å²) in [6.45, 7) is 12.1. The molecule has 3 heteroatoms. The quantitative estimate of drug-likeness (QED) is 0.654. The van der Waals surface area contributed by atoms with Crippen molar-refractivity contribution in [2.45, 2.75) is 53.4 Å². The molecule has 1 saturated heterocycles. The Bertz CT molecular complexity index is 258. The van der Waals surface area contributed by atoms with E-state index in [9.17, 15) is 4.79 Å². The minimum atomic E-state index is 0.101. The van der Waals surface area contributed by atoms with Gasteiger partial charge < -0.3 is 9.64 Å². The van der Waals surface area contributed by atoms with Crippen molar-refractivity contribution in [3.05, 3.63) is 0 Å². The highest BCUT2D eigenvalue weighted by atomic mass is 16.5. The minimum Gasteiger partial charge on any atom is -0.381 e. The van der Waals surface area contributed by atoms with Crippen LogP contribution in [0.4, 0.5) is 0 Å². The molecule has 0 spiro atoms. The average molecular weight is 255 g/mol. The molecule has 3 nitrogen and oxygen atoms in total. The second kappa shape index (κ2) is 7.13. The van der Waals surface area contributed by atoms with E-state index in [1.807, 2.05) is 4.90 Å². The molecular formula is C15H29NO2. The van der Waals surface area contributed by atoms with Gasteiger partial charge in [-0.3, -0.25) is 4.79 Å². The van der Waals surface area contributed by atoms with Crippen LogP contribution < -0.4 is 0 Å². The zero-order valence-corrected chi connectivity index (χ0v) is 12.5. The van der Waals surface area contributed by atoms with E-state index in [2.05, 4.69) is 27.7 Å². The molecule has 0 aliphatic carbocycles. The molecule has 1 unspecified atom stereocenters. The first-order valence-electron chi connectivity index (χ1n) is 7.33. The van der Waals surface area contributed by atoms with Crippen LogP contribution in [0.5, 0.6) is 0 Å². The highest BCUT2D eigenvalue weighted by Gasteiger charge is 2.38. The van der Waals surface area contributed by atoms with Crippen LogP contribution in [0.25, 0.3) is 0 Å². The predicted molar refractivity (Wildman–Crippen MR) is 74.5 cm³/mol. The van der Waals surface area contributed by atoms with E-state index >= 15 is 0 Å². The van der Waals surface area contributed by atoms with Crippen molar-refractivity contribution >= 4 is 5.91 Å². The summed E-state index contributed by atoms with van der Waals surface area (Å²) in [4.78, 5) is 14.2. The van der Waals surface area contributed by atoms with Crippen LogP contribution >= 0.6 is 0 Å². The maximum atomic E-state index is 12.2. The molecule has 106 valence electrons. The zero-order chi connectivity index (χ0) is 13.6. The molecule has 0 bridgehead atoms. The number of unbranched alkanes of at least 4 members (excludes halogenated alkanes) is 1. The van der Waals surface area contributed by atoms with Crippen LogP contribution in [0.3, 0.4) is 0 Å². The highest BCUT2D eigenvalue weighted by Crippen LogP contribution is 2.34. The Hall–Kier alpha value is -0.570. The fraction of sp³-hybridized carbons (Fsp3) is 0.933. The lowest BCUT2D eigenvalue weighted by atomic mass is 9.80. The van der Waals surface area contributed by atoms with Crippen molar-refractivity contribution in [2.75, 3.05) is 26.3 Å². The maximum Gasteiger partial charge on any atom is 0.226 e. The molecule has 0 aromatic carbocycles. The van der Waals surface area contributed by atoms with Gasteiger partial charge in [-0.15, -0.1) is 0 Å². The molecule has 1 aliphatic rings. The third-order valence-corrected chi connectivity index (χ3v) is 3.70. The van der Waals surface area contributed by atoms with Gasteiger partial charge in [-0.05, 0) is 24.7 Å². The topological polar surface area (TPSA) is 29.5 Å². The molecule has 1 heterocycles. The lowest BCUT2D eigenvalue weighted by Gasteiger charge is -2.25. The number of ether oxygens (including phenoxy) is 1.